The molecule has 0 radical (unpaired) electrons. The summed E-state index contributed by atoms with van der Waals surface area (Å²) < 4.78 is 10.4. The predicted octanol–water partition coefficient (Wildman–Crippen LogP) is 4.68. The van der Waals surface area contributed by atoms with Crippen molar-refractivity contribution in [3.63, 3.8) is 0 Å². The molecule has 3 aromatic rings. The lowest BCUT2D eigenvalue weighted by Crippen LogP contribution is -2.31. The number of amides is 2. The van der Waals surface area contributed by atoms with Crippen LogP contribution in [0, 0.1) is 10.1 Å². The Morgan fingerprint density at radius 1 is 0.971 bits per heavy atom. The fourth-order valence-electron chi connectivity index (χ4n) is 3.00. The molecule has 3 aromatic carbocycles. The molecule has 174 valence electrons. The SMILES string of the molecule is COc1ccc(NC(=O)/C(=C\c2cccc([N+](=O)[O-])c2)NC(=O)c2ccccc2Cl)cc1OC. The fourth-order valence-corrected chi connectivity index (χ4v) is 3.22. The normalized spacial score (nSPS) is 10.9. The van der Waals surface area contributed by atoms with Gasteiger partial charge in [0.25, 0.3) is 17.5 Å². The minimum Gasteiger partial charge on any atom is -0.493 e. The van der Waals surface area contributed by atoms with Crippen molar-refractivity contribution in [2.75, 3.05) is 19.5 Å². The molecule has 0 aromatic heterocycles. The molecule has 0 saturated carbocycles. The van der Waals surface area contributed by atoms with Crippen LogP contribution in [0.3, 0.4) is 0 Å². The van der Waals surface area contributed by atoms with E-state index in [9.17, 15) is 19.7 Å². The minimum absolute atomic E-state index is 0.153. The smallest absolute Gasteiger partial charge is 0.272 e. The molecule has 0 aliphatic carbocycles. The van der Waals surface area contributed by atoms with Gasteiger partial charge in [0.1, 0.15) is 5.70 Å². The third kappa shape index (κ3) is 5.90. The van der Waals surface area contributed by atoms with E-state index < -0.39 is 16.7 Å². The summed E-state index contributed by atoms with van der Waals surface area (Å²) in [6.07, 6.45) is 1.33. The summed E-state index contributed by atoms with van der Waals surface area (Å²) in [4.78, 5) is 36.5. The Kier molecular flexibility index (Phi) is 7.83. The molecule has 0 bridgehead atoms. The van der Waals surface area contributed by atoms with E-state index >= 15 is 0 Å². The van der Waals surface area contributed by atoms with E-state index in [1.165, 1.54) is 44.6 Å². The summed E-state index contributed by atoms with van der Waals surface area (Å²) in [5, 5.41) is 16.5. The molecular weight excluding hydrogens is 462 g/mol. The van der Waals surface area contributed by atoms with Crippen LogP contribution >= 0.6 is 11.6 Å². The summed E-state index contributed by atoms with van der Waals surface area (Å²) in [5.41, 5.74) is 0.560. The highest BCUT2D eigenvalue weighted by molar-refractivity contribution is 6.34. The van der Waals surface area contributed by atoms with Gasteiger partial charge in [-0.25, -0.2) is 0 Å². The summed E-state index contributed by atoms with van der Waals surface area (Å²) in [7, 11) is 2.95. The maximum Gasteiger partial charge on any atom is 0.272 e. The third-order valence-corrected chi connectivity index (χ3v) is 4.97. The Morgan fingerprint density at radius 3 is 2.38 bits per heavy atom. The van der Waals surface area contributed by atoms with Gasteiger partial charge in [0.15, 0.2) is 11.5 Å². The predicted molar refractivity (Wildman–Crippen MR) is 128 cm³/mol. The van der Waals surface area contributed by atoms with E-state index in [-0.39, 0.29) is 22.0 Å². The number of carbonyl (C=O) groups excluding carboxylic acids is 2. The molecule has 2 N–H and O–H groups in total. The van der Waals surface area contributed by atoms with Gasteiger partial charge in [-0.2, -0.15) is 0 Å². The molecule has 0 saturated heterocycles. The molecule has 3 rings (SSSR count). The van der Waals surface area contributed by atoms with Crippen LogP contribution in [0.15, 0.2) is 72.4 Å². The number of hydrogen-bond acceptors (Lipinski definition) is 6. The van der Waals surface area contributed by atoms with Crippen molar-refractivity contribution >= 4 is 40.9 Å². The van der Waals surface area contributed by atoms with Crippen molar-refractivity contribution in [3.05, 3.63) is 98.7 Å². The number of benzene rings is 3. The first kappa shape index (κ1) is 24.3. The highest BCUT2D eigenvalue weighted by Crippen LogP contribution is 2.30. The van der Waals surface area contributed by atoms with Gasteiger partial charge in [0, 0.05) is 23.9 Å². The number of non-ortho nitro benzene ring substituents is 1. The van der Waals surface area contributed by atoms with E-state index in [1.54, 1.807) is 42.5 Å². The van der Waals surface area contributed by atoms with Crippen LogP contribution in [-0.2, 0) is 4.79 Å². The number of nitro benzene ring substituents is 1. The lowest BCUT2D eigenvalue weighted by Gasteiger charge is -2.13. The number of nitro groups is 1. The van der Waals surface area contributed by atoms with E-state index in [4.69, 9.17) is 21.1 Å². The maximum atomic E-state index is 13.1. The first-order valence-electron chi connectivity index (χ1n) is 9.87. The van der Waals surface area contributed by atoms with Crippen LogP contribution in [0.1, 0.15) is 15.9 Å². The number of carbonyl (C=O) groups is 2. The van der Waals surface area contributed by atoms with Gasteiger partial charge in [-0.3, -0.25) is 19.7 Å². The van der Waals surface area contributed by atoms with Gasteiger partial charge in [0.05, 0.1) is 29.7 Å². The van der Waals surface area contributed by atoms with Crippen LogP contribution in [0.2, 0.25) is 5.02 Å². The second kappa shape index (κ2) is 11.0. The zero-order valence-electron chi connectivity index (χ0n) is 18.2. The Morgan fingerprint density at radius 2 is 1.71 bits per heavy atom. The maximum absolute atomic E-state index is 13.1. The standard InChI is InChI=1S/C24H20ClN3O6/c1-33-21-11-10-16(14-22(21)34-2)26-24(30)20(13-15-6-5-7-17(12-15)28(31)32)27-23(29)18-8-3-4-9-19(18)25/h3-14H,1-2H3,(H,26,30)(H,27,29)/b20-13+. The van der Waals surface area contributed by atoms with Crippen LogP contribution in [0.25, 0.3) is 6.08 Å². The van der Waals surface area contributed by atoms with Crippen molar-refractivity contribution in [1.29, 1.82) is 0 Å². The largest absolute Gasteiger partial charge is 0.493 e. The first-order chi connectivity index (χ1) is 16.3. The molecule has 0 aliphatic heterocycles. The van der Waals surface area contributed by atoms with Crippen LogP contribution in [-0.4, -0.2) is 31.0 Å². The monoisotopic (exact) mass is 481 g/mol. The number of methoxy groups -OCH3 is 2. The van der Waals surface area contributed by atoms with Crippen LogP contribution in [0.4, 0.5) is 11.4 Å². The van der Waals surface area contributed by atoms with Gasteiger partial charge in [0.2, 0.25) is 0 Å². The zero-order valence-corrected chi connectivity index (χ0v) is 19.0. The van der Waals surface area contributed by atoms with Gasteiger partial charge < -0.3 is 20.1 Å². The number of hydrogen-bond donors (Lipinski definition) is 2. The lowest BCUT2D eigenvalue weighted by atomic mass is 10.1. The Balaban J connectivity index is 1.96. The van der Waals surface area contributed by atoms with E-state index in [0.717, 1.165) is 0 Å². The van der Waals surface area contributed by atoms with Crippen molar-refractivity contribution in [2.24, 2.45) is 0 Å². The van der Waals surface area contributed by atoms with Crippen molar-refractivity contribution in [3.8, 4) is 11.5 Å². The quantitative estimate of drug-likeness (QED) is 0.274. The topological polar surface area (TPSA) is 120 Å². The first-order valence-corrected chi connectivity index (χ1v) is 10.3. The van der Waals surface area contributed by atoms with Crippen molar-refractivity contribution < 1.29 is 24.0 Å². The fraction of sp³-hybridized carbons (Fsp3) is 0.0833. The number of rotatable bonds is 8. The number of nitrogens with one attached hydrogen (secondary N) is 2. The molecule has 0 unspecified atom stereocenters. The van der Waals surface area contributed by atoms with Crippen LogP contribution in [0.5, 0.6) is 11.5 Å². The minimum atomic E-state index is -0.667. The molecule has 0 aliphatic rings. The van der Waals surface area contributed by atoms with E-state index in [0.29, 0.717) is 22.7 Å². The van der Waals surface area contributed by atoms with Gasteiger partial charge in [-0.05, 0) is 35.9 Å². The Bertz CT molecular complexity index is 1280. The van der Waals surface area contributed by atoms with E-state index in [1.807, 2.05) is 0 Å². The molecule has 0 fully saturated rings. The molecule has 2 amide bonds. The average Bonchev–Trinajstić information content (AvgIpc) is 2.83. The second-order valence-electron chi connectivity index (χ2n) is 6.87. The molecule has 34 heavy (non-hydrogen) atoms. The Hall–Kier alpha value is -4.37. The third-order valence-electron chi connectivity index (χ3n) is 4.64. The molecule has 9 nitrogen and oxygen atoms in total. The van der Waals surface area contributed by atoms with E-state index in [2.05, 4.69) is 10.6 Å². The zero-order chi connectivity index (χ0) is 24.7. The van der Waals surface area contributed by atoms with Crippen molar-refractivity contribution in [2.45, 2.75) is 0 Å². The molecular formula is C24H20ClN3O6. The highest BCUT2D eigenvalue weighted by Gasteiger charge is 2.18. The number of halogens is 1. The summed E-state index contributed by atoms with van der Waals surface area (Å²) in [6, 6.07) is 16.8. The summed E-state index contributed by atoms with van der Waals surface area (Å²) >= 11 is 6.11. The van der Waals surface area contributed by atoms with Gasteiger partial charge >= 0.3 is 0 Å². The summed E-state index contributed by atoms with van der Waals surface area (Å²) in [6.45, 7) is 0. The molecule has 0 spiro atoms. The molecule has 0 heterocycles. The Labute approximate surface area is 200 Å². The number of anilines is 1. The number of nitrogens with zero attached hydrogens (tertiary/aromatic N) is 1. The second-order valence-corrected chi connectivity index (χ2v) is 7.28. The molecule has 0 atom stereocenters. The highest BCUT2D eigenvalue weighted by atomic mass is 35.5. The number of ether oxygens (including phenoxy) is 2. The summed E-state index contributed by atoms with van der Waals surface area (Å²) in [5.74, 6) is -0.423. The molecule has 10 heteroatoms. The van der Waals surface area contributed by atoms with Gasteiger partial charge in [-0.1, -0.05) is 35.9 Å². The lowest BCUT2D eigenvalue weighted by molar-refractivity contribution is -0.384. The average molecular weight is 482 g/mol. The van der Waals surface area contributed by atoms with Crippen LogP contribution < -0.4 is 20.1 Å². The van der Waals surface area contributed by atoms with Gasteiger partial charge in [-0.15, -0.1) is 0 Å². The van der Waals surface area contributed by atoms with Crippen molar-refractivity contribution in [1.82, 2.24) is 5.32 Å².